The smallest absolute Gasteiger partial charge is 0.276 e. The maximum Gasteiger partial charge on any atom is 0.276 e. The first kappa shape index (κ1) is 14.5. The van der Waals surface area contributed by atoms with Gasteiger partial charge in [-0.15, -0.1) is 0 Å². The summed E-state index contributed by atoms with van der Waals surface area (Å²) < 4.78 is 31.3. The fourth-order valence-electron chi connectivity index (χ4n) is 2.37. The molecular formula is C12H21N3O3S. The minimum Gasteiger partial charge on any atom is -0.447 e. The molecule has 2 N–H and O–H groups in total. The van der Waals surface area contributed by atoms with Gasteiger partial charge in [-0.1, -0.05) is 0 Å². The highest BCUT2D eigenvalue weighted by molar-refractivity contribution is 7.89. The fourth-order valence-corrected chi connectivity index (χ4v) is 3.49. The Balaban J connectivity index is 2.10. The molecule has 1 fully saturated rings. The van der Waals surface area contributed by atoms with E-state index < -0.39 is 10.0 Å². The van der Waals surface area contributed by atoms with E-state index in [1.807, 2.05) is 7.05 Å². The van der Waals surface area contributed by atoms with Crippen LogP contribution in [-0.4, -0.2) is 50.8 Å². The predicted molar refractivity (Wildman–Crippen MR) is 72.1 cm³/mol. The van der Waals surface area contributed by atoms with E-state index in [9.17, 15) is 8.42 Å². The lowest BCUT2D eigenvalue weighted by molar-refractivity contribution is 0.268. The number of hydrogen-bond donors (Lipinski definition) is 1. The Labute approximate surface area is 114 Å². The monoisotopic (exact) mass is 287 g/mol. The molecule has 0 bridgehead atoms. The van der Waals surface area contributed by atoms with Crippen molar-refractivity contribution in [2.45, 2.75) is 30.5 Å². The lowest BCUT2D eigenvalue weighted by Gasteiger charge is -2.24. The van der Waals surface area contributed by atoms with Crippen LogP contribution in [0.3, 0.4) is 0 Å². The Kier molecular flexibility index (Phi) is 4.29. The molecule has 1 saturated heterocycles. The van der Waals surface area contributed by atoms with Crippen molar-refractivity contribution in [2.75, 3.05) is 27.2 Å². The molecule has 7 heteroatoms. The van der Waals surface area contributed by atoms with Crippen molar-refractivity contribution in [3.63, 3.8) is 0 Å². The van der Waals surface area contributed by atoms with Crippen molar-refractivity contribution in [1.29, 1.82) is 0 Å². The third-order valence-corrected chi connectivity index (χ3v) is 5.34. The molecule has 0 spiro atoms. The highest BCUT2D eigenvalue weighted by atomic mass is 32.2. The number of rotatable bonds is 5. The lowest BCUT2D eigenvalue weighted by Crippen LogP contribution is -2.39. The van der Waals surface area contributed by atoms with Crippen molar-refractivity contribution >= 4 is 10.0 Å². The second kappa shape index (κ2) is 5.62. The molecular weight excluding hydrogens is 266 g/mol. The number of likely N-dealkylation sites (tertiary alicyclic amines) is 1. The molecule has 2 heterocycles. The van der Waals surface area contributed by atoms with Crippen LogP contribution in [0.5, 0.6) is 0 Å². The molecule has 0 aromatic carbocycles. The van der Waals surface area contributed by atoms with E-state index in [-0.39, 0.29) is 17.7 Å². The van der Waals surface area contributed by atoms with Crippen LogP contribution >= 0.6 is 0 Å². The summed E-state index contributed by atoms with van der Waals surface area (Å²) in [5.74, 6) is 0.477. The van der Waals surface area contributed by atoms with Gasteiger partial charge < -0.3 is 15.1 Å². The van der Waals surface area contributed by atoms with E-state index in [0.29, 0.717) is 12.3 Å². The van der Waals surface area contributed by atoms with E-state index in [4.69, 9.17) is 10.2 Å². The number of nitrogens with zero attached hydrogens (tertiary/aromatic N) is 2. The van der Waals surface area contributed by atoms with E-state index in [2.05, 4.69) is 4.90 Å². The molecule has 6 nitrogen and oxygen atoms in total. The van der Waals surface area contributed by atoms with Crippen molar-refractivity contribution in [1.82, 2.24) is 9.21 Å². The molecule has 1 aliphatic rings. The number of furan rings is 1. The molecule has 0 aliphatic carbocycles. The molecule has 1 aromatic rings. The van der Waals surface area contributed by atoms with Crippen LogP contribution in [0.4, 0.5) is 0 Å². The van der Waals surface area contributed by atoms with Gasteiger partial charge in [-0.25, -0.2) is 8.42 Å². The molecule has 0 saturated carbocycles. The molecule has 1 atom stereocenters. The molecule has 0 amide bonds. The van der Waals surface area contributed by atoms with Gasteiger partial charge in [-0.2, -0.15) is 4.31 Å². The SMILES string of the molecule is CN1CCCC1CN(C)S(=O)(=O)c1ccc(CN)o1. The van der Waals surface area contributed by atoms with Gasteiger partial charge in [0.1, 0.15) is 5.76 Å². The van der Waals surface area contributed by atoms with Gasteiger partial charge in [0.05, 0.1) is 6.54 Å². The third-order valence-electron chi connectivity index (χ3n) is 3.64. The van der Waals surface area contributed by atoms with Crippen LogP contribution in [0, 0.1) is 0 Å². The Hall–Kier alpha value is -0.890. The van der Waals surface area contributed by atoms with Gasteiger partial charge in [-0.05, 0) is 38.6 Å². The summed E-state index contributed by atoms with van der Waals surface area (Å²) in [4.78, 5) is 2.19. The largest absolute Gasteiger partial charge is 0.447 e. The summed E-state index contributed by atoms with van der Waals surface area (Å²) in [7, 11) is 0.0601. The quantitative estimate of drug-likeness (QED) is 0.850. The molecule has 108 valence electrons. The average molecular weight is 287 g/mol. The second-order valence-corrected chi connectivity index (χ2v) is 6.96. The summed E-state index contributed by atoms with van der Waals surface area (Å²) in [5, 5.41) is -0.0314. The van der Waals surface area contributed by atoms with Crippen LogP contribution in [-0.2, 0) is 16.6 Å². The number of hydrogen-bond acceptors (Lipinski definition) is 5. The van der Waals surface area contributed by atoms with Gasteiger partial charge in [0.2, 0.25) is 5.09 Å². The van der Waals surface area contributed by atoms with Crippen LogP contribution in [0.15, 0.2) is 21.6 Å². The maximum atomic E-state index is 12.3. The number of sulfonamides is 1. The summed E-state index contributed by atoms with van der Waals surface area (Å²) >= 11 is 0. The molecule has 19 heavy (non-hydrogen) atoms. The summed E-state index contributed by atoms with van der Waals surface area (Å²) in [5.41, 5.74) is 5.42. The molecule has 1 unspecified atom stereocenters. The molecule has 1 aromatic heterocycles. The van der Waals surface area contributed by atoms with Gasteiger partial charge in [0.15, 0.2) is 0 Å². The third kappa shape index (κ3) is 3.00. The Bertz CT molecular complexity index is 526. The van der Waals surface area contributed by atoms with E-state index in [0.717, 1.165) is 19.4 Å². The first-order chi connectivity index (χ1) is 8.95. The topological polar surface area (TPSA) is 79.8 Å². The highest BCUT2D eigenvalue weighted by Gasteiger charge is 2.29. The van der Waals surface area contributed by atoms with Crippen molar-refractivity contribution in [2.24, 2.45) is 5.73 Å². The zero-order chi connectivity index (χ0) is 14.0. The molecule has 0 radical (unpaired) electrons. The standard InChI is InChI=1S/C12H21N3O3S/c1-14-7-3-4-10(14)9-15(2)19(16,17)12-6-5-11(8-13)18-12/h5-6,10H,3-4,7-9,13H2,1-2H3. The van der Waals surface area contributed by atoms with E-state index >= 15 is 0 Å². The average Bonchev–Trinajstić information content (AvgIpc) is 2.99. The van der Waals surface area contributed by atoms with Crippen LogP contribution in [0.2, 0.25) is 0 Å². The minimum absolute atomic E-state index is 0.0314. The Morgan fingerprint density at radius 1 is 1.53 bits per heavy atom. The highest BCUT2D eigenvalue weighted by Crippen LogP contribution is 2.21. The lowest BCUT2D eigenvalue weighted by atomic mass is 10.2. The molecule has 2 rings (SSSR count). The number of likely N-dealkylation sites (N-methyl/N-ethyl adjacent to an activating group) is 2. The number of nitrogens with two attached hydrogens (primary N) is 1. The van der Waals surface area contributed by atoms with E-state index in [1.54, 1.807) is 13.1 Å². The van der Waals surface area contributed by atoms with Crippen molar-refractivity contribution in [3.05, 3.63) is 17.9 Å². The van der Waals surface area contributed by atoms with E-state index in [1.165, 1.54) is 10.4 Å². The summed E-state index contributed by atoms with van der Waals surface area (Å²) in [6.45, 7) is 1.71. The summed E-state index contributed by atoms with van der Waals surface area (Å²) in [6.07, 6.45) is 2.15. The van der Waals surface area contributed by atoms with Gasteiger partial charge >= 0.3 is 0 Å². The van der Waals surface area contributed by atoms with Gasteiger partial charge in [-0.3, -0.25) is 0 Å². The Morgan fingerprint density at radius 3 is 2.79 bits per heavy atom. The first-order valence-corrected chi connectivity index (χ1v) is 7.84. The Morgan fingerprint density at radius 2 is 2.26 bits per heavy atom. The first-order valence-electron chi connectivity index (χ1n) is 6.40. The fraction of sp³-hybridized carbons (Fsp3) is 0.667. The predicted octanol–water partition coefficient (Wildman–Crippen LogP) is 0.453. The van der Waals surface area contributed by atoms with Crippen LogP contribution < -0.4 is 5.73 Å². The van der Waals surface area contributed by atoms with Gasteiger partial charge in [0, 0.05) is 19.6 Å². The summed E-state index contributed by atoms with van der Waals surface area (Å²) in [6, 6.07) is 3.35. The normalized spacial score (nSPS) is 21.4. The second-order valence-electron chi connectivity index (χ2n) is 4.99. The van der Waals surface area contributed by atoms with Crippen LogP contribution in [0.1, 0.15) is 18.6 Å². The van der Waals surface area contributed by atoms with Crippen molar-refractivity contribution < 1.29 is 12.8 Å². The van der Waals surface area contributed by atoms with Crippen LogP contribution in [0.25, 0.3) is 0 Å². The van der Waals surface area contributed by atoms with Crippen molar-refractivity contribution in [3.8, 4) is 0 Å². The zero-order valence-corrected chi connectivity index (χ0v) is 12.2. The zero-order valence-electron chi connectivity index (χ0n) is 11.4. The maximum absolute atomic E-state index is 12.3. The molecule has 1 aliphatic heterocycles. The van der Waals surface area contributed by atoms with Gasteiger partial charge in [0.25, 0.3) is 10.0 Å². The minimum atomic E-state index is -3.55.